The molecule has 0 unspecified atom stereocenters. The van der Waals surface area contributed by atoms with Crippen LogP contribution in [0.4, 0.5) is 0 Å². The molecule has 0 atom stereocenters. The molecule has 1 aromatic rings. The van der Waals surface area contributed by atoms with Crippen LogP contribution < -0.4 is 0 Å². The molecule has 0 spiro atoms. The number of carbonyl (C=O) groups excluding carboxylic acids is 1. The molecule has 0 N–H and O–H groups in total. The molecular formula is C14H13BrINO. The molecule has 1 fully saturated rings. The number of benzene rings is 1. The molecule has 1 aliphatic rings. The lowest BCUT2D eigenvalue weighted by molar-refractivity contribution is 0.0768. The Hall–Kier alpha value is -0.540. The van der Waals surface area contributed by atoms with E-state index in [1.165, 1.54) is 12.8 Å². The second-order valence-corrected chi connectivity index (χ2v) is 6.54. The van der Waals surface area contributed by atoms with Gasteiger partial charge < -0.3 is 4.90 Å². The van der Waals surface area contributed by atoms with Crippen molar-refractivity contribution in [3.8, 4) is 12.3 Å². The fourth-order valence-corrected chi connectivity index (χ4v) is 2.70. The standard InChI is InChI=1S/C14H13BrINO/c1-2-7-17(9-10-3-4-10)14(18)12-8-11(15)5-6-13(12)16/h1,5-6,8,10H,3-4,7,9H2. The number of hydrogen-bond acceptors (Lipinski definition) is 1. The Balaban J connectivity index is 2.20. The molecule has 18 heavy (non-hydrogen) atoms. The number of hydrogen-bond donors (Lipinski definition) is 0. The SMILES string of the molecule is C#CCN(CC1CC1)C(=O)c1cc(Br)ccc1I. The van der Waals surface area contributed by atoms with Crippen molar-refractivity contribution in [1.29, 1.82) is 0 Å². The van der Waals surface area contributed by atoms with Gasteiger partial charge in [0.15, 0.2) is 0 Å². The number of amides is 1. The van der Waals surface area contributed by atoms with Crippen LogP contribution >= 0.6 is 38.5 Å². The van der Waals surface area contributed by atoms with Gasteiger partial charge in [0.2, 0.25) is 0 Å². The van der Waals surface area contributed by atoms with Crippen molar-refractivity contribution in [3.63, 3.8) is 0 Å². The summed E-state index contributed by atoms with van der Waals surface area (Å²) in [6, 6.07) is 5.73. The highest BCUT2D eigenvalue weighted by Crippen LogP contribution is 2.30. The van der Waals surface area contributed by atoms with Gasteiger partial charge in [-0.15, -0.1) is 6.42 Å². The molecule has 2 rings (SSSR count). The summed E-state index contributed by atoms with van der Waals surface area (Å²) in [4.78, 5) is 14.3. The Morgan fingerprint density at radius 1 is 1.56 bits per heavy atom. The number of rotatable bonds is 4. The third kappa shape index (κ3) is 3.48. The third-order valence-electron chi connectivity index (χ3n) is 2.90. The van der Waals surface area contributed by atoms with Crippen molar-refractivity contribution in [3.05, 3.63) is 31.8 Å². The van der Waals surface area contributed by atoms with Gasteiger partial charge in [-0.25, -0.2) is 0 Å². The number of nitrogens with zero attached hydrogens (tertiary/aromatic N) is 1. The highest BCUT2D eigenvalue weighted by molar-refractivity contribution is 14.1. The first-order valence-electron chi connectivity index (χ1n) is 5.79. The van der Waals surface area contributed by atoms with Gasteiger partial charge >= 0.3 is 0 Å². The molecule has 0 saturated heterocycles. The summed E-state index contributed by atoms with van der Waals surface area (Å²) < 4.78 is 1.87. The monoisotopic (exact) mass is 417 g/mol. The third-order valence-corrected chi connectivity index (χ3v) is 4.34. The Kier molecular flexibility index (Phi) is 4.68. The quantitative estimate of drug-likeness (QED) is 0.542. The molecule has 0 radical (unpaired) electrons. The smallest absolute Gasteiger partial charge is 0.255 e. The number of halogens is 2. The van der Waals surface area contributed by atoms with E-state index in [9.17, 15) is 4.79 Å². The van der Waals surface area contributed by atoms with Crippen molar-refractivity contribution in [1.82, 2.24) is 4.90 Å². The van der Waals surface area contributed by atoms with Gasteiger partial charge in [-0.05, 0) is 59.5 Å². The van der Waals surface area contributed by atoms with Crippen LogP contribution in [0.1, 0.15) is 23.2 Å². The predicted molar refractivity (Wildman–Crippen MR) is 84.3 cm³/mol. The summed E-state index contributed by atoms with van der Waals surface area (Å²) in [5, 5.41) is 0. The highest BCUT2D eigenvalue weighted by atomic mass is 127. The minimum Gasteiger partial charge on any atom is -0.327 e. The molecular weight excluding hydrogens is 405 g/mol. The lowest BCUT2D eigenvalue weighted by Crippen LogP contribution is -2.33. The molecule has 1 aromatic carbocycles. The Morgan fingerprint density at radius 2 is 2.28 bits per heavy atom. The van der Waals surface area contributed by atoms with Crippen LogP contribution in [0, 0.1) is 21.8 Å². The number of terminal acetylenes is 1. The van der Waals surface area contributed by atoms with Crippen molar-refractivity contribution < 1.29 is 4.79 Å². The predicted octanol–water partition coefficient (Wildman–Crippen LogP) is 3.54. The maximum absolute atomic E-state index is 12.5. The zero-order valence-corrected chi connectivity index (χ0v) is 13.6. The van der Waals surface area contributed by atoms with Gasteiger partial charge in [0, 0.05) is 14.6 Å². The molecule has 0 aliphatic heterocycles. The van der Waals surface area contributed by atoms with Gasteiger partial charge in [0.1, 0.15) is 0 Å². The lowest BCUT2D eigenvalue weighted by Gasteiger charge is -2.20. The van der Waals surface area contributed by atoms with Crippen LogP contribution in [0.2, 0.25) is 0 Å². The largest absolute Gasteiger partial charge is 0.327 e. The van der Waals surface area contributed by atoms with E-state index in [2.05, 4.69) is 44.4 Å². The van der Waals surface area contributed by atoms with Crippen molar-refractivity contribution in [2.45, 2.75) is 12.8 Å². The zero-order chi connectivity index (χ0) is 13.1. The van der Waals surface area contributed by atoms with Crippen LogP contribution in [0.3, 0.4) is 0 Å². The van der Waals surface area contributed by atoms with Crippen LogP contribution in [-0.4, -0.2) is 23.9 Å². The minimum absolute atomic E-state index is 0.0329. The summed E-state index contributed by atoms with van der Waals surface area (Å²) in [6.45, 7) is 1.17. The van der Waals surface area contributed by atoms with Crippen molar-refractivity contribution in [2.75, 3.05) is 13.1 Å². The summed E-state index contributed by atoms with van der Waals surface area (Å²) >= 11 is 5.58. The summed E-state index contributed by atoms with van der Waals surface area (Å²) in [6.07, 6.45) is 7.78. The maximum atomic E-state index is 12.5. The highest BCUT2D eigenvalue weighted by Gasteiger charge is 2.27. The van der Waals surface area contributed by atoms with E-state index < -0.39 is 0 Å². The van der Waals surface area contributed by atoms with E-state index in [0.29, 0.717) is 12.5 Å². The van der Waals surface area contributed by atoms with Crippen molar-refractivity contribution in [2.24, 2.45) is 5.92 Å². The first-order valence-corrected chi connectivity index (χ1v) is 7.66. The Bertz CT molecular complexity index is 505. The average molecular weight is 418 g/mol. The second-order valence-electron chi connectivity index (χ2n) is 4.46. The van der Waals surface area contributed by atoms with Crippen molar-refractivity contribution >= 4 is 44.4 Å². The lowest BCUT2D eigenvalue weighted by atomic mass is 10.2. The summed E-state index contributed by atoms with van der Waals surface area (Å²) in [5.74, 6) is 3.25. The molecule has 4 heteroatoms. The van der Waals surface area contributed by atoms with E-state index in [1.54, 1.807) is 4.90 Å². The van der Waals surface area contributed by atoms with Gasteiger partial charge in [0.25, 0.3) is 5.91 Å². The minimum atomic E-state index is 0.0329. The molecule has 0 heterocycles. The fourth-order valence-electron chi connectivity index (χ4n) is 1.77. The van der Waals surface area contributed by atoms with E-state index in [-0.39, 0.29) is 5.91 Å². The summed E-state index contributed by atoms with van der Waals surface area (Å²) in [7, 11) is 0. The summed E-state index contributed by atoms with van der Waals surface area (Å²) in [5.41, 5.74) is 0.723. The molecule has 1 saturated carbocycles. The first-order chi connectivity index (χ1) is 8.61. The topological polar surface area (TPSA) is 20.3 Å². The van der Waals surface area contributed by atoms with Crippen LogP contribution in [0.25, 0.3) is 0 Å². The molecule has 0 bridgehead atoms. The molecule has 0 aromatic heterocycles. The average Bonchev–Trinajstić information content (AvgIpc) is 3.15. The number of carbonyl (C=O) groups is 1. The Labute approximate surface area is 129 Å². The molecule has 1 amide bonds. The first kappa shape index (κ1) is 13.9. The van der Waals surface area contributed by atoms with Gasteiger partial charge in [-0.1, -0.05) is 21.9 Å². The van der Waals surface area contributed by atoms with Gasteiger partial charge in [0.05, 0.1) is 12.1 Å². The van der Waals surface area contributed by atoms with Gasteiger partial charge in [-0.2, -0.15) is 0 Å². The van der Waals surface area contributed by atoms with Crippen LogP contribution in [0.15, 0.2) is 22.7 Å². The molecule has 1 aliphatic carbocycles. The van der Waals surface area contributed by atoms with Gasteiger partial charge in [-0.3, -0.25) is 4.79 Å². The van der Waals surface area contributed by atoms with Crippen LogP contribution in [-0.2, 0) is 0 Å². The van der Waals surface area contributed by atoms with E-state index in [0.717, 1.165) is 20.2 Å². The van der Waals surface area contributed by atoms with E-state index in [1.807, 2.05) is 18.2 Å². The Morgan fingerprint density at radius 3 is 2.89 bits per heavy atom. The molecule has 2 nitrogen and oxygen atoms in total. The molecule has 94 valence electrons. The normalized spacial score (nSPS) is 14.1. The second kappa shape index (κ2) is 6.07. The maximum Gasteiger partial charge on any atom is 0.255 e. The zero-order valence-electron chi connectivity index (χ0n) is 9.83. The van der Waals surface area contributed by atoms with E-state index in [4.69, 9.17) is 6.42 Å². The fraction of sp³-hybridized carbons (Fsp3) is 0.357. The van der Waals surface area contributed by atoms with Crippen LogP contribution in [0.5, 0.6) is 0 Å². The van der Waals surface area contributed by atoms with E-state index >= 15 is 0 Å².